The van der Waals surface area contributed by atoms with E-state index in [0.29, 0.717) is 19.6 Å². The first-order valence-electron chi connectivity index (χ1n) is 5.20. The van der Waals surface area contributed by atoms with Crippen LogP contribution in [0.3, 0.4) is 0 Å². The first kappa shape index (κ1) is 12.6. The molecule has 0 aliphatic carbocycles. The van der Waals surface area contributed by atoms with Crippen molar-refractivity contribution in [3.05, 3.63) is 22.4 Å². The van der Waals surface area contributed by atoms with Gasteiger partial charge in [0.05, 0.1) is 0 Å². The van der Waals surface area contributed by atoms with E-state index in [9.17, 15) is 5.11 Å². The van der Waals surface area contributed by atoms with Crippen LogP contribution in [0.5, 0.6) is 0 Å². The normalized spacial score (nSPS) is 13.3. The third-order valence-electron chi connectivity index (χ3n) is 2.00. The molecule has 0 saturated carbocycles. The highest BCUT2D eigenvalue weighted by Crippen LogP contribution is 2.12. The van der Waals surface area contributed by atoms with Gasteiger partial charge in [-0.2, -0.15) is 11.3 Å². The van der Waals surface area contributed by atoms with Crippen molar-refractivity contribution >= 4 is 11.3 Å². The second-order valence-electron chi connectivity index (χ2n) is 3.18. The van der Waals surface area contributed by atoms with Crippen LogP contribution in [0.25, 0.3) is 0 Å². The summed E-state index contributed by atoms with van der Waals surface area (Å²) in [6, 6.07) is 2.00. The van der Waals surface area contributed by atoms with Crippen LogP contribution in [0.15, 0.2) is 16.8 Å². The first-order chi connectivity index (χ1) is 7.27. The topological polar surface area (TPSA) is 38.7 Å². The van der Waals surface area contributed by atoms with Crippen LogP contribution < -0.4 is 0 Å². The lowest BCUT2D eigenvalue weighted by Crippen LogP contribution is -2.33. The van der Waals surface area contributed by atoms with Crippen molar-refractivity contribution in [2.75, 3.05) is 13.2 Å². The zero-order valence-electron chi connectivity index (χ0n) is 9.18. The molecule has 0 saturated heterocycles. The summed E-state index contributed by atoms with van der Waals surface area (Å²) < 4.78 is 10.6. The summed E-state index contributed by atoms with van der Waals surface area (Å²) in [6.07, 6.45) is -0.534. The maximum absolute atomic E-state index is 9.90. The van der Waals surface area contributed by atoms with Crippen molar-refractivity contribution in [2.45, 2.75) is 32.7 Å². The summed E-state index contributed by atoms with van der Waals surface area (Å²) in [6.45, 7) is 4.88. The molecule has 0 aliphatic heterocycles. The van der Waals surface area contributed by atoms with Gasteiger partial charge in [0, 0.05) is 19.6 Å². The molecule has 86 valence electrons. The Bertz CT molecular complexity index is 242. The van der Waals surface area contributed by atoms with Gasteiger partial charge >= 0.3 is 0 Å². The Morgan fingerprint density at radius 1 is 1.33 bits per heavy atom. The molecule has 1 atom stereocenters. The van der Waals surface area contributed by atoms with Crippen molar-refractivity contribution in [2.24, 2.45) is 0 Å². The lowest BCUT2D eigenvalue weighted by molar-refractivity contribution is -0.188. The average Bonchev–Trinajstić information content (AvgIpc) is 2.70. The van der Waals surface area contributed by atoms with Crippen LogP contribution in [0.2, 0.25) is 0 Å². The molecule has 4 heteroatoms. The fourth-order valence-electron chi connectivity index (χ4n) is 1.35. The van der Waals surface area contributed by atoms with E-state index in [1.165, 1.54) is 0 Å². The Morgan fingerprint density at radius 2 is 2.00 bits per heavy atom. The molecule has 15 heavy (non-hydrogen) atoms. The molecule has 0 spiro atoms. The van der Waals surface area contributed by atoms with Gasteiger partial charge in [0.15, 0.2) is 6.29 Å². The number of aliphatic hydroxyl groups is 1. The maximum Gasteiger partial charge on any atom is 0.183 e. The molecule has 0 aromatic carbocycles. The van der Waals surface area contributed by atoms with Gasteiger partial charge in [-0.15, -0.1) is 0 Å². The van der Waals surface area contributed by atoms with Crippen LogP contribution in [-0.2, 0) is 15.9 Å². The second-order valence-corrected chi connectivity index (χ2v) is 3.96. The Hall–Kier alpha value is -0.420. The molecular weight excluding hydrogens is 212 g/mol. The molecule has 1 heterocycles. The van der Waals surface area contributed by atoms with Gasteiger partial charge in [0.2, 0.25) is 0 Å². The molecule has 3 nitrogen and oxygen atoms in total. The van der Waals surface area contributed by atoms with E-state index >= 15 is 0 Å². The van der Waals surface area contributed by atoms with Gasteiger partial charge in [-0.3, -0.25) is 0 Å². The van der Waals surface area contributed by atoms with Crippen LogP contribution >= 0.6 is 11.3 Å². The van der Waals surface area contributed by atoms with E-state index in [4.69, 9.17) is 9.47 Å². The summed E-state index contributed by atoms with van der Waals surface area (Å²) in [4.78, 5) is 0. The Morgan fingerprint density at radius 3 is 2.47 bits per heavy atom. The van der Waals surface area contributed by atoms with Crippen molar-refractivity contribution in [1.29, 1.82) is 0 Å². The summed E-state index contributed by atoms with van der Waals surface area (Å²) in [5, 5.41) is 13.9. The average molecular weight is 230 g/mol. The standard InChI is InChI=1S/C11H18O3S/c1-3-13-11(14-4-2)10(12)7-9-5-6-15-8-9/h5-6,8,10-12H,3-4,7H2,1-2H3. The van der Waals surface area contributed by atoms with Crippen molar-refractivity contribution in [1.82, 2.24) is 0 Å². The molecule has 1 N–H and O–H groups in total. The first-order valence-corrected chi connectivity index (χ1v) is 6.14. The molecule has 0 fully saturated rings. The highest BCUT2D eigenvalue weighted by atomic mass is 32.1. The largest absolute Gasteiger partial charge is 0.387 e. The van der Waals surface area contributed by atoms with Gasteiger partial charge in [-0.05, 0) is 36.2 Å². The van der Waals surface area contributed by atoms with Gasteiger partial charge in [0.1, 0.15) is 6.10 Å². The van der Waals surface area contributed by atoms with E-state index in [-0.39, 0.29) is 0 Å². The van der Waals surface area contributed by atoms with Crippen molar-refractivity contribution in [3.63, 3.8) is 0 Å². The minimum absolute atomic E-state index is 0.514. The summed E-state index contributed by atoms with van der Waals surface area (Å²) >= 11 is 1.63. The van der Waals surface area contributed by atoms with E-state index in [1.807, 2.05) is 30.7 Å². The Labute approximate surface area is 94.6 Å². The maximum atomic E-state index is 9.90. The molecule has 1 aromatic heterocycles. The quantitative estimate of drug-likeness (QED) is 0.729. The predicted octanol–water partition coefficient (Wildman–Crippen LogP) is 2.05. The van der Waals surface area contributed by atoms with E-state index in [2.05, 4.69) is 0 Å². The van der Waals surface area contributed by atoms with Crippen LogP contribution in [0.4, 0.5) is 0 Å². The monoisotopic (exact) mass is 230 g/mol. The molecule has 0 bridgehead atoms. The molecule has 1 aromatic rings. The number of hydrogen-bond donors (Lipinski definition) is 1. The zero-order valence-corrected chi connectivity index (χ0v) is 10.00. The zero-order chi connectivity index (χ0) is 11.1. The van der Waals surface area contributed by atoms with Crippen LogP contribution in [-0.4, -0.2) is 30.7 Å². The number of thiophene rings is 1. The SMILES string of the molecule is CCOC(OCC)C(O)Cc1ccsc1. The van der Waals surface area contributed by atoms with Crippen LogP contribution in [0.1, 0.15) is 19.4 Å². The molecule has 1 unspecified atom stereocenters. The molecule has 0 aliphatic rings. The number of aliphatic hydroxyl groups excluding tert-OH is 1. The van der Waals surface area contributed by atoms with Gasteiger partial charge < -0.3 is 14.6 Å². The lowest BCUT2D eigenvalue weighted by Gasteiger charge is -2.22. The molecule has 0 amide bonds. The van der Waals surface area contributed by atoms with Gasteiger partial charge in [-0.1, -0.05) is 0 Å². The molecule has 1 rings (SSSR count). The predicted molar refractivity (Wildman–Crippen MR) is 61.1 cm³/mol. The second kappa shape index (κ2) is 6.95. The van der Waals surface area contributed by atoms with Crippen LogP contribution in [0, 0.1) is 0 Å². The van der Waals surface area contributed by atoms with Gasteiger partial charge in [-0.25, -0.2) is 0 Å². The molecular formula is C11H18O3S. The third kappa shape index (κ3) is 4.30. The van der Waals surface area contributed by atoms with E-state index in [0.717, 1.165) is 5.56 Å². The molecule has 0 radical (unpaired) electrons. The minimum atomic E-state index is -0.598. The number of rotatable bonds is 7. The summed E-state index contributed by atoms with van der Waals surface area (Å²) in [7, 11) is 0. The fraction of sp³-hybridized carbons (Fsp3) is 0.636. The van der Waals surface area contributed by atoms with Gasteiger partial charge in [0.25, 0.3) is 0 Å². The van der Waals surface area contributed by atoms with E-state index < -0.39 is 12.4 Å². The number of hydrogen-bond acceptors (Lipinski definition) is 4. The third-order valence-corrected chi connectivity index (χ3v) is 2.73. The fourth-order valence-corrected chi connectivity index (χ4v) is 2.03. The minimum Gasteiger partial charge on any atom is -0.387 e. The Balaban J connectivity index is 2.44. The smallest absolute Gasteiger partial charge is 0.183 e. The Kier molecular flexibility index (Phi) is 5.86. The lowest BCUT2D eigenvalue weighted by atomic mass is 10.1. The van der Waals surface area contributed by atoms with Crippen molar-refractivity contribution in [3.8, 4) is 0 Å². The summed E-state index contributed by atoms with van der Waals surface area (Å²) in [5.41, 5.74) is 1.12. The highest BCUT2D eigenvalue weighted by Gasteiger charge is 2.19. The van der Waals surface area contributed by atoms with E-state index in [1.54, 1.807) is 11.3 Å². The highest BCUT2D eigenvalue weighted by molar-refractivity contribution is 7.07. The summed E-state index contributed by atoms with van der Waals surface area (Å²) in [5.74, 6) is 0. The number of ether oxygens (including phenoxy) is 2. The van der Waals surface area contributed by atoms with Crippen molar-refractivity contribution < 1.29 is 14.6 Å².